The predicted octanol–water partition coefficient (Wildman–Crippen LogP) is 2.29. The molecule has 0 bridgehead atoms. The Morgan fingerprint density at radius 1 is 1.17 bits per heavy atom. The molecule has 6 nitrogen and oxygen atoms in total. The van der Waals surface area contributed by atoms with Crippen LogP contribution in [0.2, 0.25) is 0 Å². The molecule has 23 heavy (non-hydrogen) atoms. The lowest BCUT2D eigenvalue weighted by molar-refractivity contribution is 0.156. The molecule has 3 aromatic rings. The molecule has 1 aliphatic rings. The Morgan fingerprint density at radius 3 is 2.87 bits per heavy atom. The lowest BCUT2D eigenvalue weighted by Crippen LogP contribution is -2.34. The van der Waals surface area contributed by atoms with Gasteiger partial charge in [0.15, 0.2) is 5.65 Å². The number of hydrogen-bond acceptors (Lipinski definition) is 5. The van der Waals surface area contributed by atoms with E-state index in [1.54, 1.807) is 24.5 Å². The standard InChI is InChI=1S/C16H16FN5O/c17-15-11(2-1-5-19-15)12-8-20-16-14(12)22-13(9-21-16)23-10-3-6-18-7-4-10/h1-2,5,8-10,18H,3-4,6-7H2,(H,20,21). The van der Waals surface area contributed by atoms with Crippen LogP contribution in [0.3, 0.4) is 0 Å². The Hall–Kier alpha value is -2.54. The van der Waals surface area contributed by atoms with E-state index in [0.29, 0.717) is 28.2 Å². The topological polar surface area (TPSA) is 75.7 Å². The number of aromatic nitrogens is 4. The van der Waals surface area contributed by atoms with E-state index in [0.717, 1.165) is 25.9 Å². The number of piperidine rings is 1. The normalized spacial score (nSPS) is 15.9. The molecule has 0 amide bonds. The van der Waals surface area contributed by atoms with Crippen LogP contribution in [0.1, 0.15) is 12.8 Å². The third-order valence-corrected chi connectivity index (χ3v) is 3.98. The van der Waals surface area contributed by atoms with Gasteiger partial charge in [-0.05, 0) is 38.1 Å². The van der Waals surface area contributed by atoms with E-state index in [2.05, 4.69) is 25.3 Å². The van der Waals surface area contributed by atoms with E-state index in [1.807, 2.05) is 0 Å². The van der Waals surface area contributed by atoms with Crippen molar-refractivity contribution >= 4 is 11.2 Å². The molecule has 0 radical (unpaired) electrons. The Bertz CT molecular complexity index is 828. The van der Waals surface area contributed by atoms with Crippen LogP contribution in [0.15, 0.2) is 30.7 Å². The van der Waals surface area contributed by atoms with Crippen LogP contribution in [0.4, 0.5) is 4.39 Å². The average Bonchev–Trinajstić information content (AvgIpc) is 2.99. The van der Waals surface area contributed by atoms with Gasteiger partial charge in [0.1, 0.15) is 11.6 Å². The van der Waals surface area contributed by atoms with Crippen molar-refractivity contribution in [2.75, 3.05) is 13.1 Å². The first-order chi connectivity index (χ1) is 11.3. The highest BCUT2D eigenvalue weighted by molar-refractivity contribution is 5.90. The van der Waals surface area contributed by atoms with Crippen molar-refractivity contribution in [2.24, 2.45) is 0 Å². The van der Waals surface area contributed by atoms with Crippen molar-refractivity contribution in [3.63, 3.8) is 0 Å². The van der Waals surface area contributed by atoms with Crippen LogP contribution in [-0.4, -0.2) is 39.1 Å². The Balaban J connectivity index is 1.70. The van der Waals surface area contributed by atoms with Crippen molar-refractivity contribution in [1.29, 1.82) is 0 Å². The summed E-state index contributed by atoms with van der Waals surface area (Å²) in [5, 5.41) is 3.29. The number of ether oxygens (including phenoxy) is 1. The van der Waals surface area contributed by atoms with Crippen molar-refractivity contribution < 1.29 is 9.13 Å². The molecule has 4 rings (SSSR count). The molecule has 0 atom stereocenters. The number of pyridine rings is 1. The van der Waals surface area contributed by atoms with E-state index in [4.69, 9.17) is 4.74 Å². The maximum atomic E-state index is 13.9. The second kappa shape index (κ2) is 5.92. The zero-order valence-corrected chi connectivity index (χ0v) is 12.4. The number of hydrogen-bond donors (Lipinski definition) is 2. The van der Waals surface area contributed by atoms with Gasteiger partial charge in [0.25, 0.3) is 0 Å². The smallest absolute Gasteiger partial charge is 0.233 e. The molecule has 1 fully saturated rings. The molecule has 0 saturated carbocycles. The number of fused-ring (bicyclic) bond motifs is 1. The minimum absolute atomic E-state index is 0.139. The van der Waals surface area contributed by atoms with Crippen molar-refractivity contribution in [3.8, 4) is 17.0 Å². The maximum Gasteiger partial charge on any atom is 0.233 e. The molecular weight excluding hydrogens is 297 g/mol. The van der Waals surface area contributed by atoms with E-state index in [-0.39, 0.29) is 6.10 Å². The summed E-state index contributed by atoms with van der Waals surface area (Å²) >= 11 is 0. The highest BCUT2D eigenvalue weighted by atomic mass is 19.1. The highest BCUT2D eigenvalue weighted by Gasteiger charge is 2.17. The fourth-order valence-electron chi connectivity index (χ4n) is 2.81. The van der Waals surface area contributed by atoms with Gasteiger partial charge in [-0.15, -0.1) is 0 Å². The van der Waals surface area contributed by atoms with E-state index in [9.17, 15) is 4.39 Å². The minimum Gasteiger partial charge on any atom is -0.473 e. The quantitative estimate of drug-likeness (QED) is 0.726. The largest absolute Gasteiger partial charge is 0.473 e. The lowest BCUT2D eigenvalue weighted by Gasteiger charge is -2.22. The number of rotatable bonds is 3. The van der Waals surface area contributed by atoms with Gasteiger partial charge in [-0.1, -0.05) is 0 Å². The monoisotopic (exact) mass is 313 g/mol. The van der Waals surface area contributed by atoms with Gasteiger partial charge in [0.05, 0.1) is 6.20 Å². The fourth-order valence-corrected chi connectivity index (χ4v) is 2.81. The summed E-state index contributed by atoms with van der Waals surface area (Å²) < 4.78 is 19.9. The molecule has 0 aliphatic carbocycles. The first-order valence-electron chi connectivity index (χ1n) is 7.63. The van der Waals surface area contributed by atoms with Crippen molar-refractivity contribution in [2.45, 2.75) is 18.9 Å². The van der Waals surface area contributed by atoms with Crippen molar-refractivity contribution in [1.82, 2.24) is 25.3 Å². The number of H-pyrrole nitrogens is 1. The first-order valence-corrected chi connectivity index (χ1v) is 7.63. The zero-order valence-electron chi connectivity index (χ0n) is 12.4. The van der Waals surface area contributed by atoms with Gasteiger partial charge in [0, 0.05) is 23.5 Å². The van der Waals surface area contributed by atoms with Gasteiger partial charge in [-0.25, -0.2) is 15.0 Å². The third kappa shape index (κ3) is 2.75. The molecule has 2 N–H and O–H groups in total. The summed E-state index contributed by atoms with van der Waals surface area (Å²) in [7, 11) is 0. The fraction of sp³-hybridized carbons (Fsp3) is 0.312. The summed E-state index contributed by atoms with van der Waals surface area (Å²) in [4.78, 5) is 15.5. The van der Waals surface area contributed by atoms with E-state index in [1.165, 1.54) is 6.20 Å². The highest BCUT2D eigenvalue weighted by Crippen LogP contribution is 2.29. The van der Waals surface area contributed by atoms with Crippen LogP contribution in [0, 0.1) is 5.95 Å². The van der Waals surface area contributed by atoms with Crippen LogP contribution >= 0.6 is 0 Å². The summed E-state index contributed by atoms with van der Waals surface area (Å²) in [5.74, 6) is -0.0607. The van der Waals surface area contributed by atoms with Crippen LogP contribution in [-0.2, 0) is 0 Å². The molecule has 0 aromatic carbocycles. The molecule has 118 valence electrons. The second-order valence-corrected chi connectivity index (χ2v) is 5.52. The summed E-state index contributed by atoms with van der Waals surface area (Å²) in [6.45, 7) is 1.88. The summed E-state index contributed by atoms with van der Waals surface area (Å²) in [6.07, 6.45) is 6.74. The molecule has 1 aliphatic heterocycles. The van der Waals surface area contributed by atoms with Crippen LogP contribution in [0.5, 0.6) is 5.88 Å². The van der Waals surface area contributed by atoms with E-state index < -0.39 is 5.95 Å². The SMILES string of the molecule is Fc1ncccc1-c1c[nH]c2ncc(OC3CCNCC3)nc12. The molecule has 3 aromatic heterocycles. The summed E-state index contributed by atoms with van der Waals surface area (Å²) in [5.41, 5.74) is 2.21. The molecule has 4 heterocycles. The van der Waals surface area contributed by atoms with Gasteiger partial charge >= 0.3 is 0 Å². The molecular formula is C16H16FN5O. The predicted molar refractivity (Wildman–Crippen MR) is 83.6 cm³/mol. The molecule has 0 unspecified atom stereocenters. The molecule has 1 saturated heterocycles. The molecule has 7 heteroatoms. The number of halogens is 1. The Labute approximate surface area is 132 Å². The average molecular weight is 313 g/mol. The van der Waals surface area contributed by atoms with Gasteiger partial charge in [-0.2, -0.15) is 4.39 Å². The number of nitrogens with one attached hydrogen (secondary N) is 2. The number of nitrogens with zero attached hydrogens (tertiary/aromatic N) is 3. The van der Waals surface area contributed by atoms with Crippen LogP contribution in [0.25, 0.3) is 22.3 Å². The van der Waals surface area contributed by atoms with Crippen LogP contribution < -0.4 is 10.1 Å². The van der Waals surface area contributed by atoms with E-state index >= 15 is 0 Å². The van der Waals surface area contributed by atoms with Gasteiger partial charge in [-0.3, -0.25) is 0 Å². The molecule has 0 spiro atoms. The summed E-state index contributed by atoms with van der Waals surface area (Å²) in [6, 6.07) is 3.37. The minimum atomic E-state index is -0.528. The third-order valence-electron chi connectivity index (χ3n) is 3.98. The van der Waals surface area contributed by atoms with Crippen molar-refractivity contribution in [3.05, 3.63) is 36.7 Å². The van der Waals surface area contributed by atoms with Gasteiger partial charge in [0.2, 0.25) is 11.8 Å². The maximum absolute atomic E-state index is 13.9. The lowest BCUT2D eigenvalue weighted by atomic mass is 10.1. The Kier molecular flexibility index (Phi) is 3.63. The first kappa shape index (κ1) is 14.1. The Morgan fingerprint density at radius 2 is 2.04 bits per heavy atom. The second-order valence-electron chi connectivity index (χ2n) is 5.52. The number of aromatic amines is 1. The zero-order chi connectivity index (χ0) is 15.6. The van der Waals surface area contributed by atoms with Gasteiger partial charge < -0.3 is 15.0 Å².